The minimum Gasteiger partial charge on any atom is -0.368 e. The van der Waals surface area contributed by atoms with Crippen molar-refractivity contribution in [2.75, 3.05) is 25.9 Å². The van der Waals surface area contributed by atoms with Gasteiger partial charge in [0.25, 0.3) is 6.54 Å². The van der Waals surface area contributed by atoms with E-state index in [1.165, 1.54) is 0 Å². The predicted octanol–water partition coefficient (Wildman–Crippen LogP) is 1.19. The molecule has 0 atom stereocenters. The maximum Gasteiger partial charge on any atom is 0.259 e. The van der Waals surface area contributed by atoms with Gasteiger partial charge in [-0.1, -0.05) is 5.16 Å². The number of aliphatic imine (C=N–C) groups is 1. The molecule has 0 saturated carbocycles. The SMILES string of the molecule is CN=C(C[N+](=O)[O-])NCCCSCc1ccon1. The Kier molecular flexibility index (Phi) is 6.85. The highest BCUT2D eigenvalue weighted by atomic mass is 32.2. The molecule has 0 amide bonds. The maximum absolute atomic E-state index is 10.3. The van der Waals surface area contributed by atoms with Gasteiger partial charge >= 0.3 is 0 Å². The Bertz CT molecular complexity index is 380. The average Bonchev–Trinajstić information content (AvgIpc) is 2.84. The largest absolute Gasteiger partial charge is 0.368 e. The number of nitrogens with zero attached hydrogens (tertiary/aromatic N) is 3. The Morgan fingerprint density at radius 2 is 2.56 bits per heavy atom. The highest BCUT2D eigenvalue weighted by Crippen LogP contribution is 2.10. The molecule has 7 nitrogen and oxygen atoms in total. The molecule has 0 radical (unpaired) electrons. The van der Waals surface area contributed by atoms with Gasteiger partial charge in [0.15, 0.2) is 5.84 Å². The fraction of sp³-hybridized carbons (Fsp3) is 0.600. The van der Waals surface area contributed by atoms with E-state index >= 15 is 0 Å². The molecule has 0 aromatic carbocycles. The molecule has 100 valence electrons. The van der Waals surface area contributed by atoms with Crippen LogP contribution in [0.1, 0.15) is 12.1 Å². The predicted molar refractivity (Wildman–Crippen MR) is 70.5 cm³/mol. The van der Waals surface area contributed by atoms with Crippen molar-refractivity contribution in [3.63, 3.8) is 0 Å². The molecule has 8 heteroatoms. The number of thioether (sulfide) groups is 1. The van der Waals surface area contributed by atoms with Gasteiger partial charge in [0.2, 0.25) is 0 Å². The second kappa shape index (κ2) is 8.51. The minimum absolute atomic E-state index is 0.247. The molecule has 0 aliphatic rings. The van der Waals surface area contributed by atoms with E-state index in [4.69, 9.17) is 4.52 Å². The zero-order valence-electron chi connectivity index (χ0n) is 10.2. The summed E-state index contributed by atoms with van der Waals surface area (Å²) < 4.78 is 4.72. The summed E-state index contributed by atoms with van der Waals surface area (Å²) in [6, 6.07) is 1.84. The molecular formula is C10H16N4O3S. The number of nitrogens with one attached hydrogen (secondary N) is 1. The number of rotatable bonds is 8. The van der Waals surface area contributed by atoms with Crippen molar-refractivity contribution in [1.82, 2.24) is 10.5 Å². The van der Waals surface area contributed by atoms with Gasteiger partial charge < -0.3 is 9.84 Å². The second-order valence-corrected chi connectivity index (χ2v) is 4.59. The minimum atomic E-state index is -0.394. The third-order valence-corrected chi connectivity index (χ3v) is 3.16. The van der Waals surface area contributed by atoms with Crippen LogP contribution in [0, 0.1) is 10.1 Å². The van der Waals surface area contributed by atoms with Gasteiger partial charge in [-0.15, -0.1) is 0 Å². The summed E-state index contributed by atoms with van der Waals surface area (Å²) in [5.41, 5.74) is 0.928. The molecular weight excluding hydrogens is 256 g/mol. The van der Waals surface area contributed by atoms with Crippen molar-refractivity contribution in [2.45, 2.75) is 12.2 Å². The van der Waals surface area contributed by atoms with Crippen LogP contribution < -0.4 is 5.32 Å². The lowest BCUT2D eigenvalue weighted by Gasteiger charge is -2.05. The molecule has 0 fully saturated rings. The van der Waals surface area contributed by atoms with Crippen molar-refractivity contribution in [2.24, 2.45) is 4.99 Å². The summed E-state index contributed by atoms with van der Waals surface area (Å²) in [6.07, 6.45) is 2.47. The van der Waals surface area contributed by atoms with Crippen molar-refractivity contribution in [3.05, 3.63) is 28.1 Å². The third-order valence-electron chi connectivity index (χ3n) is 2.08. The van der Waals surface area contributed by atoms with Crippen LogP contribution in [0.2, 0.25) is 0 Å². The smallest absolute Gasteiger partial charge is 0.259 e. The van der Waals surface area contributed by atoms with Gasteiger partial charge in [-0.2, -0.15) is 11.8 Å². The summed E-state index contributed by atoms with van der Waals surface area (Å²) in [5, 5.41) is 17.1. The highest BCUT2D eigenvalue weighted by Gasteiger charge is 2.05. The molecule has 0 saturated heterocycles. The summed E-state index contributed by atoms with van der Waals surface area (Å²) in [6.45, 7) is 0.439. The van der Waals surface area contributed by atoms with Gasteiger partial charge in [-0.3, -0.25) is 15.1 Å². The molecule has 0 spiro atoms. The molecule has 1 rings (SSSR count). The fourth-order valence-electron chi connectivity index (χ4n) is 1.22. The summed E-state index contributed by atoms with van der Waals surface area (Å²) in [5.74, 6) is 2.19. The monoisotopic (exact) mass is 272 g/mol. The van der Waals surface area contributed by atoms with Crippen LogP contribution in [-0.2, 0) is 5.75 Å². The number of hydrogen-bond acceptors (Lipinski definition) is 6. The van der Waals surface area contributed by atoms with E-state index in [1.807, 2.05) is 6.07 Å². The molecule has 1 aromatic heterocycles. The Balaban J connectivity index is 2.02. The van der Waals surface area contributed by atoms with E-state index in [0.717, 1.165) is 23.6 Å². The van der Waals surface area contributed by atoms with E-state index in [2.05, 4.69) is 15.5 Å². The van der Waals surface area contributed by atoms with E-state index in [-0.39, 0.29) is 6.54 Å². The number of amidine groups is 1. The van der Waals surface area contributed by atoms with Gasteiger partial charge in [0.05, 0.1) is 5.69 Å². The molecule has 0 aliphatic heterocycles. The van der Waals surface area contributed by atoms with E-state index in [9.17, 15) is 10.1 Å². The third kappa shape index (κ3) is 6.24. The standard InChI is InChI=1S/C10H16N4O3S/c1-11-10(7-14(15)16)12-4-2-6-18-8-9-3-5-17-13-9/h3,5H,2,4,6-8H2,1H3,(H,11,12). The molecule has 0 unspecified atom stereocenters. The van der Waals surface area contributed by atoms with Crippen molar-refractivity contribution < 1.29 is 9.45 Å². The first kappa shape index (κ1) is 14.5. The Morgan fingerprint density at radius 3 is 3.17 bits per heavy atom. The topological polar surface area (TPSA) is 93.6 Å². The van der Waals surface area contributed by atoms with E-state index in [0.29, 0.717) is 12.4 Å². The lowest BCUT2D eigenvalue weighted by atomic mass is 10.4. The Morgan fingerprint density at radius 1 is 1.72 bits per heavy atom. The molecule has 0 aliphatic carbocycles. The van der Waals surface area contributed by atoms with Crippen LogP contribution in [0.4, 0.5) is 0 Å². The lowest BCUT2D eigenvalue weighted by molar-refractivity contribution is -0.463. The molecule has 1 heterocycles. The molecule has 0 bridgehead atoms. The first-order valence-corrected chi connectivity index (χ1v) is 6.66. The quantitative estimate of drug-likeness (QED) is 0.251. The Labute approximate surface area is 109 Å². The van der Waals surface area contributed by atoms with E-state index in [1.54, 1.807) is 25.1 Å². The Hall–Kier alpha value is -1.57. The summed E-state index contributed by atoms with van der Waals surface area (Å²) >= 11 is 1.75. The van der Waals surface area contributed by atoms with Crippen molar-refractivity contribution in [3.8, 4) is 0 Å². The van der Waals surface area contributed by atoms with Crippen LogP contribution in [-0.4, -0.2) is 41.8 Å². The molecule has 1 N–H and O–H groups in total. The molecule has 1 aromatic rings. The average molecular weight is 272 g/mol. The van der Waals surface area contributed by atoms with Gasteiger partial charge in [-0.05, 0) is 12.2 Å². The van der Waals surface area contributed by atoms with Crippen LogP contribution in [0.5, 0.6) is 0 Å². The fourth-order valence-corrected chi connectivity index (χ4v) is 2.07. The van der Waals surface area contributed by atoms with Gasteiger partial charge in [0.1, 0.15) is 6.26 Å². The highest BCUT2D eigenvalue weighted by molar-refractivity contribution is 7.98. The van der Waals surface area contributed by atoms with Gasteiger partial charge in [0, 0.05) is 30.3 Å². The van der Waals surface area contributed by atoms with Crippen molar-refractivity contribution >= 4 is 17.6 Å². The second-order valence-electron chi connectivity index (χ2n) is 3.48. The zero-order chi connectivity index (χ0) is 13.2. The first-order chi connectivity index (χ1) is 8.72. The maximum atomic E-state index is 10.3. The van der Waals surface area contributed by atoms with E-state index < -0.39 is 4.92 Å². The number of nitro groups is 1. The van der Waals surface area contributed by atoms with Crippen LogP contribution >= 0.6 is 11.8 Å². The number of aromatic nitrogens is 1. The normalized spacial score (nSPS) is 11.5. The number of hydrogen-bond donors (Lipinski definition) is 1. The summed E-state index contributed by atoms with van der Waals surface area (Å²) in [4.78, 5) is 13.7. The van der Waals surface area contributed by atoms with Crippen LogP contribution in [0.3, 0.4) is 0 Å². The zero-order valence-corrected chi connectivity index (χ0v) is 11.0. The first-order valence-electron chi connectivity index (χ1n) is 5.50. The van der Waals surface area contributed by atoms with Crippen LogP contribution in [0.25, 0.3) is 0 Å². The van der Waals surface area contributed by atoms with Gasteiger partial charge in [-0.25, -0.2) is 0 Å². The molecule has 18 heavy (non-hydrogen) atoms. The van der Waals surface area contributed by atoms with Crippen molar-refractivity contribution in [1.29, 1.82) is 0 Å². The van der Waals surface area contributed by atoms with Crippen LogP contribution in [0.15, 0.2) is 21.8 Å². The summed E-state index contributed by atoms with van der Waals surface area (Å²) in [7, 11) is 1.55. The lowest BCUT2D eigenvalue weighted by Crippen LogP contribution is -2.31.